The molecule has 0 spiro atoms. The molecule has 0 saturated carbocycles. The number of rotatable bonds is 4. The molecule has 2 aromatic rings. The number of carbonyl (C=O) groups excluding carboxylic acids is 1. The van der Waals surface area contributed by atoms with Crippen LogP contribution in [0.15, 0.2) is 30.6 Å². The number of Topliss-reactive ketones (excluding diaryl/α,β-unsaturated/α-hetero) is 1. The molecule has 0 saturated heterocycles. The van der Waals surface area contributed by atoms with Crippen molar-refractivity contribution in [2.24, 2.45) is 0 Å². The molecule has 0 radical (unpaired) electrons. The molecule has 18 heavy (non-hydrogen) atoms. The fourth-order valence-electron chi connectivity index (χ4n) is 2.22. The van der Waals surface area contributed by atoms with Gasteiger partial charge in [0.15, 0.2) is 5.78 Å². The molecule has 3 rings (SSSR count). The van der Waals surface area contributed by atoms with Gasteiger partial charge in [0.1, 0.15) is 11.6 Å². The Kier molecular flexibility index (Phi) is 2.84. The second kappa shape index (κ2) is 4.64. The number of H-pyrrole nitrogens is 1. The molecule has 92 valence electrons. The Morgan fingerprint density at radius 1 is 1.33 bits per heavy atom. The van der Waals surface area contributed by atoms with E-state index in [0.29, 0.717) is 13.0 Å². The minimum atomic E-state index is 0.243. The lowest BCUT2D eigenvalue weighted by Gasteiger charge is -2.06. The molecule has 4 nitrogen and oxygen atoms in total. The molecule has 0 amide bonds. The zero-order valence-corrected chi connectivity index (χ0v) is 9.98. The molecule has 1 aromatic carbocycles. The van der Waals surface area contributed by atoms with E-state index >= 15 is 0 Å². The van der Waals surface area contributed by atoms with Crippen LogP contribution in [0.2, 0.25) is 0 Å². The molecule has 1 aliphatic rings. The number of aromatic nitrogens is 2. The number of ether oxygens (including phenoxy) is 1. The van der Waals surface area contributed by atoms with Gasteiger partial charge in [0.05, 0.1) is 6.61 Å². The first-order valence-corrected chi connectivity index (χ1v) is 6.10. The van der Waals surface area contributed by atoms with Crippen molar-refractivity contribution >= 4 is 5.78 Å². The van der Waals surface area contributed by atoms with Crippen LogP contribution in [0.3, 0.4) is 0 Å². The lowest BCUT2D eigenvalue weighted by atomic mass is 10.1. The third kappa shape index (κ3) is 2.14. The SMILES string of the molecule is O=C1CCc2cc(OCCc3ncc[nH]3)ccc21. The van der Waals surface area contributed by atoms with E-state index in [2.05, 4.69) is 9.97 Å². The first-order chi connectivity index (χ1) is 8.83. The Labute approximate surface area is 105 Å². The van der Waals surface area contributed by atoms with E-state index in [1.807, 2.05) is 18.2 Å². The van der Waals surface area contributed by atoms with Crippen molar-refractivity contribution in [3.63, 3.8) is 0 Å². The van der Waals surface area contributed by atoms with Gasteiger partial charge < -0.3 is 9.72 Å². The predicted molar refractivity (Wildman–Crippen MR) is 66.9 cm³/mol. The number of fused-ring (bicyclic) bond motifs is 1. The maximum Gasteiger partial charge on any atom is 0.163 e. The lowest BCUT2D eigenvalue weighted by Crippen LogP contribution is -2.03. The highest BCUT2D eigenvalue weighted by molar-refractivity contribution is 6.00. The summed E-state index contributed by atoms with van der Waals surface area (Å²) in [6.07, 6.45) is 5.75. The topological polar surface area (TPSA) is 55.0 Å². The summed E-state index contributed by atoms with van der Waals surface area (Å²) in [7, 11) is 0. The van der Waals surface area contributed by atoms with Gasteiger partial charge in [0.2, 0.25) is 0 Å². The zero-order chi connectivity index (χ0) is 12.4. The monoisotopic (exact) mass is 242 g/mol. The van der Waals surface area contributed by atoms with Crippen LogP contribution in [-0.2, 0) is 12.8 Å². The summed E-state index contributed by atoms with van der Waals surface area (Å²) in [6.45, 7) is 0.584. The highest BCUT2D eigenvalue weighted by atomic mass is 16.5. The summed E-state index contributed by atoms with van der Waals surface area (Å²) in [4.78, 5) is 18.7. The Balaban J connectivity index is 1.62. The molecular weight excluding hydrogens is 228 g/mol. The van der Waals surface area contributed by atoms with Gasteiger partial charge in [0, 0.05) is 30.8 Å². The number of aromatic amines is 1. The van der Waals surface area contributed by atoms with Gasteiger partial charge in [-0.3, -0.25) is 4.79 Å². The van der Waals surface area contributed by atoms with Crippen LogP contribution in [0, 0.1) is 0 Å². The number of hydrogen-bond acceptors (Lipinski definition) is 3. The number of ketones is 1. The summed E-state index contributed by atoms with van der Waals surface area (Å²) in [5, 5.41) is 0. The van der Waals surface area contributed by atoms with Crippen molar-refractivity contribution in [3.05, 3.63) is 47.5 Å². The molecule has 0 unspecified atom stereocenters. The van der Waals surface area contributed by atoms with Crippen LogP contribution in [0.25, 0.3) is 0 Å². The summed E-state index contributed by atoms with van der Waals surface area (Å²) in [5.74, 6) is 1.99. The van der Waals surface area contributed by atoms with Crippen LogP contribution in [-0.4, -0.2) is 22.4 Å². The second-order valence-electron chi connectivity index (χ2n) is 4.38. The highest BCUT2D eigenvalue weighted by Crippen LogP contribution is 2.26. The highest BCUT2D eigenvalue weighted by Gasteiger charge is 2.19. The minimum Gasteiger partial charge on any atom is -0.493 e. The van der Waals surface area contributed by atoms with Crippen LogP contribution in [0.4, 0.5) is 0 Å². The van der Waals surface area contributed by atoms with Crippen LogP contribution in [0.5, 0.6) is 5.75 Å². The largest absolute Gasteiger partial charge is 0.493 e. The van der Waals surface area contributed by atoms with Gasteiger partial charge >= 0.3 is 0 Å². The summed E-state index contributed by atoms with van der Waals surface area (Å²) < 4.78 is 5.67. The number of nitrogens with zero attached hydrogens (tertiary/aromatic N) is 1. The summed E-state index contributed by atoms with van der Waals surface area (Å²) in [6, 6.07) is 5.71. The first-order valence-electron chi connectivity index (χ1n) is 6.10. The molecular formula is C14H14N2O2. The number of imidazole rings is 1. The number of hydrogen-bond donors (Lipinski definition) is 1. The van der Waals surface area contributed by atoms with Gasteiger partial charge in [-0.25, -0.2) is 4.98 Å². The number of benzene rings is 1. The lowest BCUT2D eigenvalue weighted by molar-refractivity contribution is 0.0994. The van der Waals surface area contributed by atoms with Crippen molar-refractivity contribution < 1.29 is 9.53 Å². The summed E-state index contributed by atoms with van der Waals surface area (Å²) in [5.41, 5.74) is 1.96. The fourth-order valence-corrected chi connectivity index (χ4v) is 2.22. The second-order valence-corrected chi connectivity index (χ2v) is 4.38. The molecule has 0 aliphatic heterocycles. The van der Waals surface area contributed by atoms with Crippen LogP contribution in [0.1, 0.15) is 28.2 Å². The van der Waals surface area contributed by atoms with Crippen molar-refractivity contribution in [1.82, 2.24) is 9.97 Å². The van der Waals surface area contributed by atoms with Gasteiger partial charge in [-0.1, -0.05) is 0 Å². The van der Waals surface area contributed by atoms with Gasteiger partial charge in [-0.15, -0.1) is 0 Å². The molecule has 1 aromatic heterocycles. The average Bonchev–Trinajstić information content (AvgIpc) is 3.00. The van der Waals surface area contributed by atoms with Crippen molar-refractivity contribution in [2.45, 2.75) is 19.3 Å². The van der Waals surface area contributed by atoms with E-state index in [-0.39, 0.29) is 5.78 Å². The Morgan fingerprint density at radius 3 is 3.11 bits per heavy atom. The average molecular weight is 242 g/mol. The molecule has 1 aliphatic carbocycles. The minimum absolute atomic E-state index is 0.243. The Morgan fingerprint density at radius 2 is 2.28 bits per heavy atom. The molecule has 1 heterocycles. The van der Waals surface area contributed by atoms with Crippen molar-refractivity contribution in [1.29, 1.82) is 0 Å². The van der Waals surface area contributed by atoms with Gasteiger partial charge in [-0.2, -0.15) is 0 Å². The zero-order valence-electron chi connectivity index (χ0n) is 9.98. The quantitative estimate of drug-likeness (QED) is 0.893. The van der Waals surface area contributed by atoms with E-state index in [9.17, 15) is 4.79 Å². The van der Waals surface area contributed by atoms with E-state index in [0.717, 1.165) is 35.5 Å². The number of nitrogens with one attached hydrogen (secondary N) is 1. The molecule has 0 bridgehead atoms. The maximum absolute atomic E-state index is 11.5. The predicted octanol–water partition coefficient (Wildman–Crippen LogP) is 2.16. The standard InChI is InChI=1S/C14H14N2O2/c17-13-4-1-10-9-11(2-3-12(10)13)18-8-5-14-15-6-7-16-14/h2-3,6-7,9H,1,4-5,8H2,(H,15,16). The third-order valence-electron chi connectivity index (χ3n) is 3.16. The molecule has 0 fully saturated rings. The number of aryl methyl sites for hydroxylation is 1. The van der Waals surface area contributed by atoms with E-state index < -0.39 is 0 Å². The molecule has 1 N–H and O–H groups in total. The fraction of sp³-hybridized carbons (Fsp3) is 0.286. The first kappa shape index (κ1) is 11.0. The molecule has 4 heteroatoms. The van der Waals surface area contributed by atoms with Gasteiger partial charge in [-0.05, 0) is 30.2 Å². The van der Waals surface area contributed by atoms with Gasteiger partial charge in [0.25, 0.3) is 0 Å². The van der Waals surface area contributed by atoms with Crippen LogP contribution < -0.4 is 4.74 Å². The van der Waals surface area contributed by atoms with Crippen molar-refractivity contribution in [2.75, 3.05) is 6.61 Å². The number of carbonyl (C=O) groups is 1. The van der Waals surface area contributed by atoms with Crippen molar-refractivity contribution in [3.8, 4) is 5.75 Å². The Bertz CT molecular complexity index is 561. The third-order valence-corrected chi connectivity index (χ3v) is 3.16. The Hall–Kier alpha value is -2.10. The van der Waals surface area contributed by atoms with E-state index in [1.54, 1.807) is 12.4 Å². The normalized spacial score (nSPS) is 13.7. The molecule has 0 atom stereocenters. The summed E-state index contributed by atoms with van der Waals surface area (Å²) >= 11 is 0. The maximum atomic E-state index is 11.5. The van der Waals surface area contributed by atoms with E-state index in [1.165, 1.54) is 0 Å². The smallest absolute Gasteiger partial charge is 0.163 e. The van der Waals surface area contributed by atoms with Crippen LogP contribution >= 0.6 is 0 Å². The van der Waals surface area contributed by atoms with E-state index in [4.69, 9.17) is 4.74 Å².